The molecule has 0 radical (unpaired) electrons. The highest BCUT2D eigenvalue weighted by molar-refractivity contribution is 5.81. The first-order valence-corrected chi connectivity index (χ1v) is 7.17. The Hall–Kier alpha value is -1.95. The van der Waals surface area contributed by atoms with Gasteiger partial charge in [-0.25, -0.2) is 0 Å². The Labute approximate surface area is 124 Å². The molecule has 1 aromatic carbocycles. The van der Waals surface area contributed by atoms with Crippen LogP contribution >= 0.6 is 0 Å². The lowest BCUT2D eigenvalue weighted by atomic mass is 10.2. The molecule has 1 fully saturated rings. The number of likely N-dealkylation sites (N-methyl/N-ethyl adjacent to an activating group) is 1. The van der Waals surface area contributed by atoms with Crippen molar-refractivity contribution in [2.75, 3.05) is 40.0 Å². The molecule has 3 rings (SSSR count). The zero-order valence-corrected chi connectivity index (χ0v) is 12.4. The van der Waals surface area contributed by atoms with Crippen LogP contribution in [0.25, 0.3) is 0 Å². The van der Waals surface area contributed by atoms with Crippen molar-refractivity contribution < 1.29 is 19.0 Å². The van der Waals surface area contributed by atoms with Crippen molar-refractivity contribution in [3.05, 3.63) is 18.2 Å². The molecule has 2 aliphatic heterocycles. The Morgan fingerprint density at radius 1 is 1.19 bits per heavy atom. The van der Waals surface area contributed by atoms with Gasteiger partial charge in [0.25, 0.3) is 5.91 Å². The molecule has 2 aliphatic rings. The second-order valence-corrected chi connectivity index (χ2v) is 5.40. The van der Waals surface area contributed by atoms with Gasteiger partial charge in [0.1, 0.15) is 5.75 Å². The molecule has 0 aliphatic carbocycles. The summed E-state index contributed by atoms with van der Waals surface area (Å²) in [5, 5.41) is 0. The first-order valence-electron chi connectivity index (χ1n) is 7.17. The number of carbonyl (C=O) groups is 1. The molecule has 1 amide bonds. The van der Waals surface area contributed by atoms with Crippen molar-refractivity contribution in [1.29, 1.82) is 0 Å². The molecule has 2 heterocycles. The zero-order chi connectivity index (χ0) is 14.8. The predicted molar refractivity (Wildman–Crippen MR) is 76.7 cm³/mol. The summed E-state index contributed by atoms with van der Waals surface area (Å²) in [5.74, 6) is 2.02. The monoisotopic (exact) mass is 292 g/mol. The van der Waals surface area contributed by atoms with Crippen LogP contribution in [0.5, 0.6) is 17.2 Å². The fourth-order valence-electron chi connectivity index (χ4n) is 2.49. The molecular formula is C15H20N2O4. The fraction of sp³-hybridized carbons (Fsp3) is 0.533. The number of nitrogens with zero attached hydrogens (tertiary/aromatic N) is 2. The van der Waals surface area contributed by atoms with Gasteiger partial charge < -0.3 is 24.0 Å². The van der Waals surface area contributed by atoms with Gasteiger partial charge in [-0.1, -0.05) is 0 Å². The molecule has 0 bridgehead atoms. The summed E-state index contributed by atoms with van der Waals surface area (Å²) in [6, 6.07) is 5.35. The predicted octanol–water partition coefficient (Wildman–Crippen LogP) is 0.957. The van der Waals surface area contributed by atoms with Gasteiger partial charge in [0.2, 0.25) is 6.79 Å². The van der Waals surface area contributed by atoms with Gasteiger partial charge in [0.05, 0.1) is 0 Å². The van der Waals surface area contributed by atoms with Gasteiger partial charge in [-0.2, -0.15) is 0 Å². The van der Waals surface area contributed by atoms with Crippen LogP contribution in [0.4, 0.5) is 0 Å². The molecule has 0 saturated carbocycles. The maximum atomic E-state index is 12.4. The highest BCUT2D eigenvalue weighted by Crippen LogP contribution is 2.35. The number of amides is 1. The summed E-state index contributed by atoms with van der Waals surface area (Å²) in [6.07, 6.45) is -0.506. The fourth-order valence-corrected chi connectivity index (χ4v) is 2.49. The number of carbonyl (C=O) groups excluding carboxylic acids is 1. The smallest absolute Gasteiger partial charge is 0.263 e. The molecule has 0 aromatic heterocycles. The number of ether oxygens (including phenoxy) is 3. The van der Waals surface area contributed by atoms with Crippen LogP contribution in [0.15, 0.2) is 18.2 Å². The van der Waals surface area contributed by atoms with Gasteiger partial charge in [-0.15, -0.1) is 0 Å². The quantitative estimate of drug-likeness (QED) is 0.830. The summed E-state index contributed by atoms with van der Waals surface area (Å²) in [7, 11) is 2.06. The van der Waals surface area contributed by atoms with E-state index in [1.165, 1.54) is 0 Å². The Balaban J connectivity index is 1.60. The highest BCUT2D eigenvalue weighted by Gasteiger charge is 2.25. The lowest BCUT2D eigenvalue weighted by Crippen LogP contribution is -2.50. The second-order valence-electron chi connectivity index (χ2n) is 5.40. The topological polar surface area (TPSA) is 51.2 Å². The minimum absolute atomic E-state index is 0.0285. The molecule has 0 spiro atoms. The maximum Gasteiger partial charge on any atom is 0.263 e. The van der Waals surface area contributed by atoms with Crippen LogP contribution in [0.1, 0.15) is 6.92 Å². The van der Waals surface area contributed by atoms with E-state index in [2.05, 4.69) is 11.9 Å². The summed E-state index contributed by atoms with van der Waals surface area (Å²) in [5.41, 5.74) is 0. The second kappa shape index (κ2) is 5.81. The minimum Gasteiger partial charge on any atom is -0.481 e. The molecule has 0 N–H and O–H groups in total. The lowest BCUT2D eigenvalue weighted by molar-refractivity contribution is -0.139. The molecule has 1 atom stereocenters. The first kappa shape index (κ1) is 14.0. The first-order chi connectivity index (χ1) is 10.1. The lowest BCUT2D eigenvalue weighted by Gasteiger charge is -2.33. The van der Waals surface area contributed by atoms with Crippen molar-refractivity contribution >= 4 is 5.91 Å². The number of benzene rings is 1. The largest absolute Gasteiger partial charge is 0.481 e. The van der Waals surface area contributed by atoms with Crippen LogP contribution in [-0.4, -0.2) is 61.8 Å². The third-order valence-corrected chi connectivity index (χ3v) is 3.82. The number of piperazine rings is 1. The number of fused-ring (bicyclic) bond motifs is 1. The number of hydrogen-bond donors (Lipinski definition) is 0. The molecule has 21 heavy (non-hydrogen) atoms. The van der Waals surface area contributed by atoms with Crippen LogP contribution in [-0.2, 0) is 4.79 Å². The van der Waals surface area contributed by atoms with Gasteiger partial charge in [-0.05, 0) is 26.1 Å². The maximum absolute atomic E-state index is 12.4. The molecule has 6 nitrogen and oxygen atoms in total. The molecule has 1 unspecified atom stereocenters. The Kier molecular flexibility index (Phi) is 3.88. The van der Waals surface area contributed by atoms with E-state index in [0.717, 1.165) is 26.2 Å². The normalized spacial score (nSPS) is 19.4. The summed E-state index contributed by atoms with van der Waals surface area (Å²) >= 11 is 0. The van der Waals surface area contributed by atoms with Gasteiger partial charge in [-0.3, -0.25) is 4.79 Å². The van der Waals surface area contributed by atoms with Gasteiger partial charge >= 0.3 is 0 Å². The Morgan fingerprint density at radius 3 is 2.67 bits per heavy atom. The molecule has 1 saturated heterocycles. The van der Waals surface area contributed by atoms with Crippen molar-refractivity contribution in [2.45, 2.75) is 13.0 Å². The standard InChI is InChI=1S/C15H20N2O4/c1-11(15(18)17-7-5-16(2)6-8-17)21-12-3-4-13-14(9-12)20-10-19-13/h3-4,9,11H,5-8,10H2,1-2H3. The van der Waals surface area contributed by atoms with Crippen molar-refractivity contribution in [3.8, 4) is 17.2 Å². The van der Waals surface area contributed by atoms with E-state index in [1.54, 1.807) is 25.1 Å². The van der Waals surface area contributed by atoms with Crippen LogP contribution < -0.4 is 14.2 Å². The molecule has 1 aromatic rings. The van der Waals surface area contributed by atoms with E-state index >= 15 is 0 Å². The van der Waals surface area contributed by atoms with E-state index in [-0.39, 0.29) is 12.7 Å². The molecule has 6 heteroatoms. The molecule has 114 valence electrons. The third-order valence-electron chi connectivity index (χ3n) is 3.82. The summed E-state index contributed by atoms with van der Waals surface area (Å²) < 4.78 is 16.3. The SMILES string of the molecule is CC(Oc1ccc2c(c1)OCO2)C(=O)N1CCN(C)CC1. The molecular weight excluding hydrogens is 272 g/mol. The van der Waals surface area contributed by atoms with Crippen LogP contribution in [0.2, 0.25) is 0 Å². The van der Waals surface area contributed by atoms with Gasteiger partial charge in [0.15, 0.2) is 17.6 Å². The Bertz CT molecular complexity index is 526. The van der Waals surface area contributed by atoms with E-state index in [1.807, 2.05) is 4.90 Å². The van der Waals surface area contributed by atoms with Crippen LogP contribution in [0.3, 0.4) is 0 Å². The summed E-state index contributed by atoms with van der Waals surface area (Å²) in [6.45, 7) is 5.33. The van der Waals surface area contributed by atoms with Crippen LogP contribution in [0, 0.1) is 0 Å². The average molecular weight is 292 g/mol. The summed E-state index contributed by atoms with van der Waals surface area (Å²) in [4.78, 5) is 16.4. The van der Waals surface area contributed by atoms with E-state index in [0.29, 0.717) is 17.2 Å². The van der Waals surface area contributed by atoms with Gasteiger partial charge in [0, 0.05) is 32.2 Å². The zero-order valence-electron chi connectivity index (χ0n) is 12.4. The van der Waals surface area contributed by atoms with E-state index in [9.17, 15) is 4.79 Å². The minimum atomic E-state index is -0.506. The van der Waals surface area contributed by atoms with Crippen molar-refractivity contribution in [1.82, 2.24) is 9.80 Å². The number of rotatable bonds is 3. The van der Waals surface area contributed by atoms with Crippen molar-refractivity contribution in [2.24, 2.45) is 0 Å². The third kappa shape index (κ3) is 3.05. The highest BCUT2D eigenvalue weighted by atomic mass is 16.7. The van der Waals surface area contributed by atoms with E-state index in [4.69, 9.17) is 14.2 Å². The van der Waals surface area contributed by atoms with Crippen molar-refractivity contribution in [3.63, 3.8) is 0 Å². The Morgan fingerprint density at radius 2 is 1.90 bits per heavy atom. The van der Waals surface area contributed by atoms with E-state index < -0.39 is 6.10 Å². The average Bonchev–Trinajstić information content (AvgIpc) is 2.95. The number of hydrogen-bond acceptors (Lipinski definition) is 5.